The molecule has 6 heteroatoms. The molecule has 21 heavy (non-hydrogen) atoms. The summed E-state index contributed by atoms with van der Waals surface area (Å²) in [6, 6.07) is 3.82. The summed E-state index contributed by atoms with van der Waals surface area (Å²) >= 11 is 0. The van der Waals surface area contributed by atoms with E-state index < -0.39 is 0 Å². The van der Waals surface area contributed by atoms with E-state index in [9.17, 15) is 9.59 Å². The first-order chi connectivity index (χ1) is 10.3. The molecule has 2 fully saturated rings. The van der Waals surface area contributed by atoms with Crippen LogP contribution in [0.25, 0.3) is 0 Å². The molecule has 1 aliphatic carbocycles. The third-order valence-corrected chi connectivity index (χ3v) is 4.28. The van der Waals surface area contributed by atoms with Crippen LogP contribution in [0.5, 0.6) is 0 Å². The molecule has 0 bridgehead atoms. The van der Waals surface area contributed by atoms with E-state index in [0.717, 1.165) is 63.4 Å². The number of pyridine rings is 1. The minimum absolute atomic E-state index is 0.107. The number of piperazine rings is 1. The van der Waals surface area contributed by atoms with Crippen molar-refractivity contribution in [1.82, 2.24) is 9.88 Å². The Bertz CT molecular complexity index is 505. The van der Waals surface area contributed by atoms with E-state index >= 15 is 0 Å². The molecular weight excluding hydrogens is 268 g/mol. The van der Waals surface area contributed by atoms with Crippen molar-refractivity contribution >= 4 is 23.8 Å². The van der Waals surface area contributed by atoms with Gasteiger partial charge in [-0.05, 0) is 25.0 Å². The molecule has 0 radical (unpaired) electrons. The van der Waals surface area contributed by atoms with E-state index in [-0.39, 0.29) is 11.8 Å². The van der Waals surface area contributed by atoms with Crippen molar-refractivity contribution in [1.29, 1.82) is 0 Å². The summed E-state index contributed by atoms with van der Waals surface area (Å²) in [7, 11) is 0. The Kier molecular flexibility index (Phi) is 4.03. The van der Waals surface area contributed by atoms with Crippen LogP contribution in [0.4, 0.5) is 11.5 Å². The van der Waals surface area contributed by atoms with E-state index in [4.69, 9.17) is 0 Å². The van der Waals surface area contributed by atoms with Crippen LogP contribution < -0.4 is 10.2 Å². The maximum absolute atomic E-state index is 11.9. The molecule has 2 aliphatic rings. The van der Waals surface area contributed by atoms with Gasteiger partial charge < -0.3 is 15.1 Å². The van der Waals surface area contributed by atoms with Gasteiger partial charge in [0.05, 0.1) is 11.9 Å². The molecule has 0 unspecified atom stereocenters. The Morgan fingerprint density at radius 3 is 2.52 bits per heavy atom. The number of aromatic nitrogens is 1. The summed E-state index contributed by atoms with van der Waals surface area (Å²) < 4.78 is 0. The van der Waals surface area contributed by atoms with Crippen molar-refractivity contribution in [3.05, 3.63) is 18.3 Å². The largest absolute Gasteiger partial charge is 0.353 e. The highest BCUT2D eigenvalue weighted by molar-refractivity contribution is 5.92. The number of hydrogen-bond donors (Lipinski definition) is 1. The fraction of sp³-hybridized carbons (Fsp3) is 0.533. The van der Waals surface area contributed by atoms with E-state index in [2.05, 4.69) is 15.2 Å². The molecule has 1 aliphatic heterocycles. The van der Waals surface area contributed by atoms with Gasteiger partial charge in [-0.3, -0.25) is 9.59 Å². The fourth-order valence-electron chi connectivity index (χ4n) is 2.62. The molecule has 2 amide bonds. The molecule has 1 aromatic heterocycles. The first-order valence-corrected chi connectivity index (χ1v) is 7.47. The summed E-state index contributed by atoms with van der Waals surface area (Å²) in [6.45, 7) is 3.04. The molecule has 0 spiro atoms. The van der Waals surface area contributed by atoms with Crippen molar-refractivity contribution in [2.24, 2.45) is 5.92 Å². The fourth-order valence-corrected chi connectivity index (χ4v) is 2.62. The van der Waals surface area contributed by atoms with Crippen molar-refractivity contribution in [3.8, 4) is 0 Å². The average molecular weight is 288 g/mol. The highest BCUT2D eigenvalue weighted by atomic mass is 16.2. The number of rotatable bonds is 4. The Hall–Kier alpha value is -2.11. The van der Waals surface area contributed by atoms with Crippen molar-refractivity contribution in [2.75, 3.05) is 36.4 Å². The zero-order valence-electron chi connectivity index (χ0n) is 12.0. The van der Waals surface area contributed by atoms with Crippen molar-refractivity contribution < 1.29 is 9.59 Å². The second kappa shape index (κ2) is 6.11. The van der Waals surface area contributed by atoms with Crippen molar-refractivity contribution in [3.63, 3.8) is 0 Å². The van der Waals surface area contributed by atoms with E-state index in [1.54, 1.807) is 11.1 Å². The van der Waals surface area contributed by atoms with Crippen LogP contribution in [0.15, 0.2) is 18.3 Å². The van der Waals surface area contributed by atoms with Gasteiger partial charge in [0.2, 0.25) is 12.3 Å². The second-order valence-corrected chi connectivity index (χ2v) is 5.65. The van der Waals surface area contributed by atoms with Crippen molar-refractivity contribution in [2.45, 2.75) is 19.3 Å². The third kappa shape index (κ3) is 3.15. The van der Waals surface area contributed by atoms with Crippen LogP contribution in [-0.2, 0) is 9.59 Å². The van der Waals surface area contributed by atoms with Gasteiger partial charge in [0, 0.05) is 32.1 Å². The molecule has 1 N–H and O–H groups in total. The highest BCUT2D eigenvalue weighted by Gasteiger charge is 2.25. The van der Waals surface area contributed by atoms with E-state index in [0.29, 0.717) is 0 Å². The number of carbonyl (C=O) groups excluding carboxylic acids is 2. The van der Waals surface area contributed by atoms with Gasteiger partial charge in [0.1, 0.15) is 5.82 Å². The summed E-state index contributed by atoms with van der Waals surface area (Å²) in [5, 5.41) is 2.92. The van der Waals surface area contributed by atoms with Crippen LogP contribution in [0.2, 0.25) is 0 Å². The van der Waals surface area contributed by atoms with Crippen LogP contribution >= 0.6 is 0 Å². The maximum Gasteiger partial charge on any atom is 0.227 e. The topological polar surface area (TPSA) is 65.5 Å². The van der Waals surface area contributed by atoms with Crippen LogP contribution in [0.3, 0.4) is 0 Å². The Balaban J connectivity index is 1.56. The van der Waals surface area contributed by atoms with Gasteiger partial charge >= 0.3 is 0 Å². The number of anilines is 2. The molecule has 2 heterocycles. The molecule has 112 valence electrons. The maximum atomic E-state index is 11.9. The smallest absolute Gasteiger partial charge is 0.227 e. The standard InChI is InChI=1S/C15H20N4O2/c20-11-18-6-8-19(9-7-18)14-5-4-13(10-16-14)17-15(21)12-2-1-3-12/h4-5,10-12H,1-3,6-9H2,(H,17,21). The van der Waals surface area contributed by atoms with E-state index in [1.807, 2.05) is 12.1 Å². The molecule has 1 aromatic rings. The molecule has 1 saturated carbocycles. The van der Waals surface area contributed by atoms with Crippen LogP contribution in [0.1, 0.15) is 19.3 Å². The highest BCUT2D eigenvalue weighted by Crippen LogP contribution is 2.27. The zero-order valence-corrected chi connectivity index (χ0v) is 12.0. The van der Waals surface area contributed by atoms with Gasteiger partial charge in [-0.1, -0.05) is 6.42 Å². The monoisotopic (exact) mass is 288 g/mol. The Morgan fingerprint density at radius 1 is 1.24 bits per heavy atom. The summed E-state index contributed by atoms with van der Waals surface area (Å²) in [6.07, 6.45) is 5.75. The second-order valence-electron chi connectivity index (χ2n) is 5.65. The van der Waals surface area contributed by atoms with E-state index in [1.165, 1.54) is 0 Å². The van der Waals surface area contributed by atoms with Gasteiger partial charge in [-0.15, -0.1) is 0 Å². The normalized spacial score (nSPS) is 19.0. The minimum atomic E-state index is 0.107. The SMILES string of the molecule is O=CN1CCN(c2ccc(NC(=O)C3CCC3)cn2)CC1. The lowest BCUT2D eigenvalue weighted by atomic mass is 9.85. The summed E-state index contributed by atoms with van der Waals surface area (Å²) in [4.78, 5) is 30.9. The summed E-state index contributed by atoms with van der Waals surface area (Å²) in [5.74, 6) is 1.18. The number of amides is 2. The Morgan fingerprint density at radius 2 is 2.00 bits per heavy atom. The third-order valence-electron chi connectivity index (χ3n) is 4.28. The molecular formula is C15H20N4O2. The number of nitrogens with one attached hydrogen (secondary N) is 1. The number of carbonyl (C=O) groups is 2. The average Bonchev–Trinajstić information content (AvgIpc) is 2.46. The molecule has 1 saturated heterocycles. The molecule has 6 nitrogen and oxygen atoms in total. The predicted octanol–water partition coefficient (Wildman–Crippen LogP) is 1.10. The van der Waals surface area contributed by atoms with Crippen LogP contribution in [0, 0.1) is 5.92 Å². The number of nitrogens with zero attached hydrogens (tertiary/aromatic N) is 3. The molecule has 0 atom stereocenters. The quantitative estimate of drug-likeness (QED) is 0.843. The van der Waals surface area contributed by atoms with Crippen LogP contribution in [-0.4, -0.2) is 48.4 Å². The number of hydrogen-bond acceptors (Lipinski definition) is 4. The Labute approximate surface area is 124 Å². The molecule has 3 rings (SSSR count). The molecule has 0 aromatic carbocycles. The predicted molar refractivity (Wildman–Crippen MR) is 80.1 cm³/mol. The lowest BCUT2D eigenvalue weighted by Gasteiger charge is -2.33. The first kappa shape index (κ1) is 13.9. The van der Waals surface area contributed by atoms with Gasteiger partial charge in [0.25, 0.3) is 0 Å². The minimum Gasteiger partial charge on any atom is -0.353 e. The lowest BCUT2D eigenvalue weighted by Crippen LogP contribution is -2.46. The first-order valence-electron chi connectivity index (χ1n) is 7.47. The lowest BCUT2D eigenvalue weighted by molar-refractivity contribution is -0.122. The summed E-state index contributed by atoms with van der Waals surface area (Å²) in [5.41, 5.74) is 0.752. The zero-order chi connectivity index (χ0) is 14.7. The van der Waals surface area contributed by atoms with Gasteiger partial charge in [-0.25, -0.2) is 4.98 Å². The van der Waals surface area contributed by atoms with Gasteiger partial charge in [0.15, 0.2) is 0 Å². The van der Waals surface area contributed by atoms with Gasteiger partial charge in [-0.2, -0.15) is 0 Å².